The van der Waals surface area contributed by atoms with Crippen LogP contribution in [-0.2, 0) is 27.2 Å². The van der Waals surface area contributed by atoms with E-state index in [0.29, 0.717) is 31.2 Å². The van der Waals surface area contributed by atoms with Crippen molar-refractivity contribution in [3.63, 3.8) is 0 Å². The number of nitrogens with zero attached hydrogens (tertiary/aromatic N) is 1. The number of aryl methyl sites for hydroxylation is 1. The zero-order valence-corrected chi connectivity index (χ0v) is 30.8. The van der Waals surface area contributed by atoms with Crippen LogP contribution in [0.3, 0.4) is 0 Å². The maximum atomic E-state index is 14.2. The van der Waals surface area contributed by atoms with Gasteiger partial charge in [-0.25, -0.2) is 4.79 Å². The van der Waals surface area contributed by atoms with Gasteiger partial charge in [-0.3, -0.25) is 19.3 Å². The number of benzene rings is 4. The standard InChI is InChI=1S/C44H49N3O5/c1-6-47(43(51)46-40(35-14-8-7-9-15-35)27-37-29-45-39-18-11-10-17-38(37)39)42(50)36(28-41(49)52-44(3,4)5)16-12-13-31-19-21-33(22-20-31)34-25-23-32(24-26-34)30(2)48/h7-11,14-15,17-26,29,36,40,45H,6,12-13,16,27-28H2,1-5H3,(H,46,51). The van der Waals surface area contributed by atoms with Crippen molar-refractivity contribution in [2.75, 3.05) is 6.54 Å². The minimum Gasteiger partial charge on any atom is -0.460 e. The summed E-state index contributed by atoms with van der Waals surface area (Å²) in [7, 11) is 0. The molecule has 0 radical (unpaired) electrons. The number of aromatic amines is 1. The number of Topliss-reactive ketones (excluding diaryl/α,β-unsaturated/α-hetero) is 1. The van der Waals surface area contributed by atoms with Crippen LogP contribution in [0.25, 0.3) is 22.0 Å². The second kappa shape index (κ2) is 17.1. The molecule has 4 aromatic carbocycles. The van der Waals surface area contributed by atoms with Crippen molar-refractivity contribution in [2.45, 2.75) is 78.4 Å². The van der Waals surface area contributed by atoms with E-state index in [1.165, 1.54) is 4.90 Å². The van der Waals surface area contributed by atoms with E-state index in [2.05, 4.69) is 28.5 Å². The van der Waals surface area contributed by atoms with Gasteiger partial charge >= 0.3 is 12.0 Å². The molecule has 0 spiro atoms. The Morgan fingerprint density at radius 2 is 1.46 bits per heavy atom. The number of aromatic nitrogens is 1. The first-order chi connectivity index (χ1) is 24.9. The fourth-order valence-electron chi connectivity index (χ4n) is 6.52. The van der Waals surface area contributed by atoms with Crippen molar-refractivity contribution in [3.05, 3.63) is 132 Å². The van der Waals surface area contributed by atoms with E-state index in [1.54, 1.807) is 34.6 Å². The predicted molar refractivity (Wildman–Crippen MR) is 206 cm³/mol. The molecule has 270 valence electrons. The number of H-pyrrole nitrogens is 1. The smallest absolute Gasteiger partial charge is 0.324 e. The van der Waals surface area contributed by atoms with E-state index in [0.717, 1.165) is 38.7 Å². The number of para-hydroxylation sites is 1. The van der Waals surface area contributed by atoms with Crippen LogP contribution >= 0.6 is 0 Å². The fourth-order valence-corrected chi connectivity index (χ4v) is 6.52. The molecule has 2 N–H and O–H groups in total. The van der Waals surface area contributed by atoms with Crippen molar-refractivity contribution < 1.29 is 23.9 Å². The van der Waals surface area contributed by atoms with E-state index < -0.39 is 35.5 Å². The number of nitrogens with one attached hydrogen (secondary N) is 2. The largest absolute Gasteiger partial charge is 0.460 e. The molecule has 0 saturated heterocycles. The number of hydrogen-bond acceptors (Lipinski definition) is 5. The summed E-state index contributed by atoms with van der Waals surface area (Å²) in [5, 5.41) is 4.22. The van der Waals surface area contributed by atoms with Crippen LogP contribution < -0.4 is 5.32 Å². The van der Waals surface area contributed by atoms with E-state index in [1.807, 2.05) is 91.1 Å². The molecular weight excluding hydrogens is 651 g/mol. The van der Waals surface area contributed by atoms with Crippen molar-refractivity contribution in [1.82, 2.24) is 15.2 Å². The highest BCUT2D eigenvalue weighted by atomic mass is 16.6. The molecule has 3 amide bonds. The van der Waals surface area contributed by atoms with Gasteiger partial charge in [-0.05, 0) is 94.2 Å². The van der Waals surface area contributed by atoms with Gasteiger partial charge in [0.1, 0.15) is 5.60 Å². The minimum absolute atomic E-state index is 0.0332. The second-order valence-corrected chi connectivity index (χ2v) is 14.3. The Morgan fingerprint density at radius 1 is 0.827 bits per heavy atom. The summed E-state index contributed by atoms with van der Waals surface area (Å²) in [6.07, 6.45) is 4.11. The van der Waals surface area contributed by atoms with Gasteiger partial charge in [-0.2, -0.15) is 0 Å². The van der Waals surface area contributed by atoms with Gasteiger partial charge in [-0.15, -0.1) is 0 Å². The number of imide groups is 1. The van der Waals surface area contributed by atoms with Crippen molar-refractivity contribution >= 4 is 34.6 Å². The summed E-state index contributed by atoms with van der Waals surface area (Å²) >= 11 is 0. The van der Waals surface area contributed by atoms with E-state index in [9.17, 15) is 19.2 Å². The summed E-state index contributed by atoms with van der Waals surface area (Å²) in [5.41, 5.74) is 6.13. The SMILES string of the molecule is CCN(C(=O)NC(Cc1c[nH]c2ccccc12)c1ccccc1)C(=O)C(CCCc1ccc(-c2ccc(C(C)=O)cc2)cc1)CC(=O)OC(C)(C)C. The Labute approximate surface area is 306 Å². The van der Waals surface area contributed by atoms with Gasteiger partial charge < -0.3 is 15.0 Å². The summed E-state index contributed by atoms with van der Waals surface area (Å²) in [6, 6.07) is 32.6. The molecular formula is C44H49N3O5. The van der Waals surface area contributed by atoms with Crippen LogP contribution in [0, 0.1) is 5.92 Å². The van der Waals surface area contributed by atoms with Crippen molar-refractivity contribution in [1.29, 1.82) is 0 Å². The summed E-state index contributed by atoms with van der Waals surface area (Å²) in [5.74, 6) is -1.56. The number of urea groups is 1. The predicted octanol–water partition coefficient (Wildman–Crippen LogP) is 9.25. The molecule has 0 fully saturated rings. The Morgan fingerprint density at radius 3 is 2.10 bits per heavy atom. The number of esters is 1. The Kier molecular flexibility index (Phi) is 12.4. The number of amides is 3. The zero-order valence-electron chi connectivity index (χ0n) is 30.8. The van der Waals surface area contributed by atoms with E-state index in [-0.39, 0.29) is 18.7 Å². The number of rotatable bonds is 14. The minimum atomic E-state index is -0.733. The number of carbonyl (C=O) groups excluding carboxylic acids is 4. The Bertz CT molecular complexity index is 1970. The average molecular weight is 700 g/mol. The van der Waals surface area contributed by atoms with E-state index in [4.69, 9.17) is 4.74 Å². The third-order valence-corrected chi connectivity index (χ3v) is 9.21. The molecule has 2 atom stereocenters. The normalized spacial score (nSPS) is 12.6. The first-order valence-corrected chi connectivity index (χ1v) is 18.1. The first-order valence-electron chi connectivity index (χ1n) is 18.1. The van der Waals surface area contributed by atoms with Crippen molar-refractivity contribution in [2.24, 2.45) is 5.92 Å². The quantitative estimate of drug-likeness (QED) is 0.0888. The highest BCUT2D eigenvalue weighted by Gasteiger charge is 2.32. The third kappa shape index (κ3) is 10.1. The van der Waals surface area contributed by atoms with Gasteiger partial charge in [0.2, 0.25) is 5.91 Å². The van der Waals surface area contributed by atoms with Gasteiger partial charge in [0, 0.05) is 35.1 Å². The van der Waals surface area contributed by atoms with Crippen LogP contribution in [-0.4, -0.2) is 45.7 Å². The number of carbonyl (C=O) groups is 4. The monoisotopic (exact) mass is 699 g/mol. The Hall–Kier alpha value is -5.50. The molecule has 0 bridgehead atoms. The third-order valence-electron chi connectivity index (χ3n) is 9.21. The maximum Gasteiger partial charge on any atom is 0.324 e. The molecule has 1 aromatic heterocycles. The zero-order chi connectivity index (χ0) is 37.3. The van der Waals surface area contributed by atoms with E-state index >= 15 is 0 Å². The van der Waals surface area contributed by atoms with Crippen molar-refractivity contribution in [3.8, 4) is 11.1 Å². The lowest BCUT2D eigenvalue weighted by Crippen LogP contribution is -2.48. The lowest BCUT2D eigenvalue weighted by atomic mass is 9.94. The van der Waals surface area contributed by atoms with Gasteiger partial charge in [0.25, 0.3) is 0 Å². The average Bonchev–Trinajstić information content (AvgIpc) is 3.53. The topological polar surface area (TPSA) is 109 Å². The summed E-state index contributed by atoms with van der Waals surface area (Å²) in [4.78, 5) is 57.4. The summed E-state index contributed by atoms with van der Waals surface area (Å²) in [6.45, 7) is 8.87. The highest BCUT2D eigenvalue weighted by Crippen LogP contribution is 2.27. The summed E-state index contributed by atoms with van der Waals surface area (Å²) < 4.78 is 5.62. The molecule has 52 heavy (non-hydrogen) atoms. The lowest BCUT2D eigenvalue weighted by molar-refractivity contribution is -0.158. The molecule has 5 rings (SSSR count). The van der Waals surface area contributed by atoms with Gasteiger partial charge in [0.15, 0.2) is 5.78 Å². The number of ether oxygens (including phenoxy) is 1. The molecule has 0 saturated carbocycles. The molecule has 0 aliphatic heterocycles. The molecule has 0 aliphatic carbocycles. The maximum absolute atomic E-state index is 14.2. The fraction of sp³-hybridized carbons (Fsp3) is 0.318. The Balaban J connectivity index is 1.29. The van der Waals surface area contributed by atoms with Crippen LogP contribution in [0.4, 0.5) is 4.79 Å². The molecule has 5 aromatic rings. The molecule has 1 heterocycles. The number of fused-ring (bicyclic) bond motifs is 1. The first kappa shape index (κ1) is 37.7. The number of hydrogen-bond donors (Lipinski definition) is 2. The second-order valence-electron chi connectivity index (χ2n) is 14.3. The lowest BCUT2D eigenvalue weighted by Gasteiger charge is -2.28. The van der Waals surface area contributed by atoms with Gasteiger partial charge in [0.05, 0.1) is 12.5 Å². The molecule has 8 heteroatoms. The number of ketones is 1. The van der Waals surface area contributed by atoms with Crippen LogP contribution in [0.1, 0.15) is 87.0 Å². The van der Waals surface area contributed by atoms with Crippen LogP contribution in [0.5, 0.6) is 0 Å². The van der Waals surface area contributed by atoms with Gasteiger partial charge in [-0.1, -0.05) is 97.1 Å². The molecule has 8 nitrogen and oxygen atoms in total. The van der Waals surface area contributed by atoms with Crippen LogP contribution in [0.15, 0.2) is 109 Å². The molecule has 0 aliphatic rings. The molecule has 2 unspecified atom stereocenters. The van der Waals surface area contributed by atoms with Crippen LogP contribution in [0.2, 0.25) is 0 Å². The highest BCUT2D eigenvalue weighted by molar-refractivity contribution is 5.97.